The molecule has 0 spiro atoms. The summed E-state index contributed by atoms with van der Waals surface area (Å²) in [6.07, 6.45) is 0.930. The molecular formula is C19H22ClNO4. The predicted molar refractivity (Wildman–Crippen MR) is 96.9 cm³/mol. The van der Waals surface area contributed by atoms with Gasteiger partial charge in [0.2, 0.25) is 6.79 Å². The van der Waals surface area contributed by atoms with E-state index >= 15 is 0 Å². The number of nitrogens with one attached hydrogen (secondary N) is 1. The molecule has 0 fully saturated rings. The van der Waals surface area contributed by atoms with Crippen LogP contribution in [0.4, 0.5) is 0 Å². The van der Waals surface area contributed by atoms with E-state index in [0.717, 1.165) is 29.0 Å². The van der Waals surface area contributed by atoms with Gasteiger partial charge >= 0.3 is 0 Å². The van der Waals surface area contributed by atoms with Crippen LogP contribution in [0.1, 0.15) is 24.5 Å². The second kappa shape index (κ2) is 8.32. The summed E-state index contributed by atoms with van der Waals surface area (Å²) in [5.41, 5.74) is 2.08. The molecule has 0 saturated carbocycles. The van der Waals surface area contributed by atoms with Crippen molar-refractivity contribution < 1.29 is 18.9 Å². The zero-order chi connectivity index (χ0) is 17.6. The summed E-state index contributed by atoms with van der Waals surface area (Å²) in [5.74, 6) is 2.95. The molecule has 1 aliphatic rings. The van der Waals surface area contributed by atoms with Crippen molar-refractivity contribution >= 4 is 11.6 Å². The Labute approximate surface area is 152 Å². The van der Waals surface area contributed by atoms with Crippen LogP contribution in [0.2, 0.25) is 5.02 Å². The van der Waals surface area contributed by atoms with E-state index in [0.29, 0.717) is 36.2 Å². The monoisotopic (exact) mass is 363 g/mol. The van der Waals surface area contributed by atoms with Gasteiger partial charge in [-0.2, -0.15) is 0 Å². The molecule has 2 aromatic rings. The molecule has 0 amide bonds. The summed E-state index contributed by atoms with van der Waals surface area (Å²) in [4.78, 5) is 0. The summed E-state index contributed by atoms with van der Waals surface area (Å²) in [6.45, 7) is 4.30. The summed E-state index contributed by atoms with van der Waals surface area (Å²) in [5, 5.41) is 4.04. The Bertz CT molecular complexity index is 736. The van der Waals surface area contributed by atoms with Gasteiger partial charge in [-0.25, -0.2) is 0 Å². The summed E-state index contributed by atoms with van der Waals surface area (Å²) in [7, 11) is 1.63. The van der Waals surface area contributed by atoms with Crippen LogP contribution in [0, 0.1) is 0 Å². The van der Waals surface area contributed by atoms with E-state index < -0.39 is 0 Å². The van der Waals surface area contributed by atoms with Crippen molar-refractivity contribution in [1.82, 2.24) is 5.32 Å². The van der Waals surface area contributed by atoms with Crippen LogP contribution in [0.15, 0.2) is 30.3 Å². The molecule has 25 heavy (non-hydrogen) atoms. The maximum Gasteiger partial charge on any atom is 0.231 e. The second-order valence-corrected chi connectivity index (χ2v) is 6.14. The molecule has 5 nitrogen and oxygen atoms in total. The molecule has 0 bridgehead atoms. The molecule has 3 rings (SSSR count). The van der Waals surface area contributed by atoms with Crippen molar-refractivity contribution in [2.75, 3.05) is 20.5 Å². The molecule has 1 aliphatic heterocycles. The molecule has 0 unspecified atom stereocenters. The fourth-order valence-corrected chi connectivity index (χ4v) is 2.81. The molecule has 6 heteroatoms. The van der Waals surface area contributed by atoms with Gasteiger partial charge in [0.15, 0.2) is 23.0 Å². The first kappa shape index (κ1) is 17.7. The highest BCUT2D eigenvalue weighted by atomic mass is 35.5. The van der Waals surface area contributed by atoms with Gasteiger partial charge in [-0.15, -0.1) is 0 Å². The number of rotatable bonds is 8. The average Bonchev–Trinajstić information content (AvgIpc) is 3.09. The molecule has 0 atom stereocenters. The van der Waals surface area contributed by atoms with Crippen molar-refractivity contribution in [3.05, 3.63) is 46.5 Å². The van der Waals surface area contributed by atoms with E-state index in [-0.39, 0.29) is 6.79 Å². The third-order valence-electron chi connectivity index (χ3n) is 3.88. The van der Waals surface area contributed by atoms with Gasteiger partial charge in [0.1, 0.15) is 0 Å². The van der Waals surface area contributed by atoms with Crippen molar-refractivity contribution in [3.63, 3.8) is 0 Å². The summed E-state index contributed by atoms with van der Waals surface area (Å²) >= 11 is 6.38. The minimum absolute atomic E-state index is 0.286. The van der Waals surface area contributed by atoms with Gasteiger partial charge in [0.05, 0.1) is 13.7 Å². The highest BCUT2D eigenvalue weighted by Crippen LogP contribution is 2.34. The third kappa shape index (κ3) is 4.30. The lowest BCUT2D eigenvalue weighted by molar-refractivity contribution is 0.174. The van der Waals surface area contributed by atoms with Crippen LogP contribution < -0.4 is 24.3 Å². The first-order valence-corrected chi connectivity index (χ1v) is 8.67. The standard InChI is InChI=1S/C19H22ClNO4/c1-3-6-23-19-9-15(20)14(8-17(19)22-2)11-21-10-13-4-5-16-18(7-13)25-12-24-16/h4-5,7-9,21H,3,6,10-12H2,1-2H3. The number of halogens is 1. The minimum Gasteiger partial charge on any atom is -0.493 e. The lowest BCUT2D eigenvalue weighted by Crippen LogP contribution is -2.13. The highest BCUT2D eigenvalue weighted by Gasteiger charge is 2.13. The zero-order valence-electron chi connectivity index (χ0n) is 14.4. The van der Waals surface area contributed by atoms with Gasteiger partial charge in [-0.05, 0) is 35.7 Å². The van der Waals surface area contributed by atoms with Crippen molar-refractivity contribution in [1.29, 1.82) is 0 Å². The van der Waals surface area contributed by atoms with Crippen LogP contribution in [-0.4, -0.2) is 20.5 Å². The molecule has 134 valence electrons. The number of benzene rings is 2. The average molecular weight is 364 g/mol. The molecule has 1 N–H and O–H groups in total. The summed E-state index contributed by atoms with van der Waals surface area (Å²) in [6, 6.07) is 9.66. The SMILES string of the molecule is CCCOc1cc(Cl)c(CNCc2ccc3c(c2)OCO3)cc1OC. The topological polar surface area (TPSA) is 49.0 Å². The highest BCUT2D eigenvalue weighted by molar-refractivity contribution is 6.31. The van der Waals surface area contributed by atoms with Crippen LogP contribution in [0.5, 0.6) is 23.0 Å². The normalized spacial score (nSPS) is 12.3. The second-order valence-electron chi connectivity index (χ2n) is 5.73. The molecule has 0 aliphatic carbocycles. The van der Waals surface area contributed by atoms with Crippen molar-refractivity contribution in [2.24, 2.45) is 0 Å². The van der Waals surface area contributed by atoms with Crippen LogP contribution in [0.25, 0.3) is 0 Å². The molecule has 0 radical (unpaired) electrons. The smallest absolute Gasteiger partial charge is 0.231 e. The number of methoxy groups -OCH3 is 1. The van der Waals surface area contributed by atoms with Gasteiger partial charge in [0.25, 0.3) is 0 Å². The zero-order valence-corrected chi connectivity index (χ0v) is 15.2. The number of ether oxygens (including phenoxy) is 4. The minimum atomic E-state index is 0.286. The maximum absolute atomic E-state index is 6.38. The van der Waals surface area contributed by atoms with Crippen molar-refractivity contribution in [2.45, 2.75) is 26.4 Å². The number of hydrogen-bond acceptors (Lipinski definition) is 5. The van der Waals surface area contributed by atoms with E-state index in [1.807, 2.05) is 30.3 Å². The Morgan fingerprint density at radius 3 is 2.72 bits per heavy atom. The van der Waals surface area contributed by atoms with Gasteiger partial charge in [-0.3, -0.25) is 0 Å². The third-order valence-corrected chi connectivity index (χ3v) is 4.23. The van der Waals surface area contributed by atoms with E-state index in [4.69, 9.17) is 30.5 Å². The lowest BCUT2D eigenvalue weighted by Gasteiger charge is -2.14. The fourth-order valence-electron chi connectivity index (χ4n) is 2.59. The van der Waals surface area contributed by atoms with Gasteiger partial charge < -0.3 is 24.3 Å². The first-order valence-electron chi connectivity index (χ1n) is 8.29. The summed E-state index contributed by atoms with van der Waals surface area (Å²) < 4.78 is 21.8. The Balaban J connectivity index is 1.62. The Kier molecular flexibility index (Phi) is 5.89. The fraction of sp³-hybridized carbons (Fsp3) is 0.368. The number of fused-ring (bicyclic) bond motifs is 1. The van der Waals surface area contributed by atoms with Crippen LogP contribution in [-0.2, 0) is 13.1 Å². The molecule has 0 aromatic heterocycles. The molecular weight excluding hydrogens is 342 g/mol. The Hall–Kier alpha value is -2.11. The van der Waals surface area contributed by atoms with E-state index in [2.05, 4.69) is 12.2 Å². The maximum atomic E-state index is 6.38. The Morgan fingerprint density at radius 2 is 1.92 bits per heavy atom. The first-order chi connectivity index (χ1) is 12.2. The van der Waals surface area contributed by atoms with Gasteiger partial charge in [-0.1, -0.05) is 24.6 Å². The van der Waals surface area contributed by atoms with E-state index in [1.54, 1.807) is 7.11 Å². The van der Waals surface area contributed by atoms with Gasteiger partial charge in [0, 0.05) is 24.2 Å². The Morgan fingerprint density at radius 1 is 1.08 bits per heavy atom. The quantitative estimate of drug-likeness (QED) is 0.763. The molecule has 2 aromatic carbocycles. The predicted octanol–water partition coefficient (Wildman–Crippen LogP) is 4.16. The lowest BCUT2D eigenvalue weighted by atomic mass is 10.1. The van der Waals surface area contributed by atoms with Crippen LogP contribution in [0.3, 0.4) is 0 Å². The van der Waals surface area contributed by atoms with E-state index in [9.17, 15) is 0 Å². The van der Waals surface area contributed by atoms with E-state index in [1.165, 1.54) is 0 Å². The van der Waals surface area contributed by atoms with Crippen molar-refractivity contribution in [3.8, 4) is 23.0 Å². The van der Waals surface area contributed by atoms with Crippen LogP contribution >= 0.6 is 11.6 Å². The number of hydrogen-bond donors (Lipinski definition) is 1. The molecule has 0 saturated heterocycles. The largest absolute Gasteiger partial charge is 0.493 e. The molecule has 1 heterocycles.